The van der Waals surface area contributed by atoms with Crippen LogP contribution in [-0.2, 0) is 6.54 Å². The van der Waals surface area contributed by atoms with Crippen LogP contribution < -0.4 is 5.73 Å². The van der Waals surface area contributed by atoms with E-state index < -0.39 is 0 Å². The first kappa shape index (κ1) is 14.3. The molecule has 1 heterocycles. The van der Waals surface area contributed by atoms with Crippen LogP contribution in [0.25, 0.3) is 0 Å². The van der Waals surface area contributed by atoms with Gasteiger partial charge in [0.15, 0.2) is 0 Å². The van der Waals surface area contributed by atoms with Crippen LogP contribution in [0.1, 0.15) is 25.3 Å². The third kappa shape index (κ3) is 3.70. The van der Waals surface area contributed by atoms with Crippen LogP contribution in [0, 0.1) is 5.92 Å². The van der Waals surface area contributed by atoms with Crippen molar-refractivity contribution >= 4 is 27.5 Å². The van der Waals surface area contributed by atoms with Crippen LogP contribution in [0.2, 0.25) is 5.02 Å². The molecule has 2 atom stereocenters. The molecule has 0 radical (unpaired) electrons. The van der Waals surface area contributed by atoms with Crippen LogP contribution in [0.4, 0.5) is 0 Å². The molecule has 18 heavy (non-hydrogen) atoms. The average Bonchev–Trinajstić information content (AvgIpc) is 2.33. The Morgan fingerprint density at radius 3 is 3.00 bits per heavy atom. The summed E-state index contributed by atoms with van der Waals surface area (Å²) in [7, 11) is 0. The second-order valence-electron chi connectivity index (χ2n) is 5.23. The molecule has 0 amide bonds. The standard InChI is InChI=1S/C14H20BrClN2/c1-10(17)11-3-2-6-18(8-11)9-12-4-5-13(15)7-14(12)16/h4-5,7,10-11H,2-3,6,8-9,17H2,1H3. The first-order valence-corrected chi connectivity index (χ1v) is 7.65. The van der Waals surface area contributed by atoms with Crippen molar-refractivity contribution in [1.29, 1.82) is 0 Å². The van der Waals surface area contributed by atoms with Gasteiger partial charge >= 0.3 is 0 Å². The summed E-state index contributed by atoms with van der Waals surface area (Å²) in [6.07, 6.45) is 2.49. The fourth-order valence-electron chi connectivity index (χ4n) is 2.55. The molecule has 1 aromatic rings. The predicted molar refractivity (Wildman–Crippen MR) is 80.8 cm³/mol. The Balaban J connectivity index is 2.00. The maximum atomic E-state index is 6.27. The van der Waals surface area contributed by atoms with Crippen molar-refractivity contribution in [2.75, 3.05) is 13.1 Å². The smallest absolute Gasteiger partial charge is 0.0462 e. The van der Waals surface area contributed by atoms with Gasteiger partial charge in [-0.05, 0) is 49.9 Å². The molecule has 4 heteroatoms. The molecule has 2 nitrogen and oxygen atoms in total. The van der Waals surface area contributed by atoms with Gasteiger partial charge in [0.2, 0.25) is 0 Å². The summed E-state index contributed by atoms with van der Waals surface area (Å²) in [5.74, 6) is 0.618. The Labute approximate surface area is 123 Å². The second kappa shape index (κ2) is 6.38. The Hall–Kier alpha value is -0.0900. The second-order valence-corrected chi connectivity index (χ2v) is 6.56. The Morgan fingerprint density at radius 1 is 1.56 bits per heavy atom. The number of benzene rings is 1. The third-order valence-corrected chi connectivity index (χ3v) is 4.54. The lowest BCUT2D eigenvalue weighted by Crippen LogP contribution is -2.41. The summed E-state index contributed by atoms with van der Waals surface area (Å²) in [6.45, 7) is 5.27. The molecule has 2 rings (SSSR count). The van der Waals surface area contributed by atoms with Gasteiger partial charge in [0, 0.05) is 28.6 Å². The number of rotatable bonds is 3. The van der Waals surface area contributed by atoms with Gasteiger partial charge in [0.05, 0.1) is 0 Å². The minimum absolute atomic E-state index is 0.285. The van der Waals surface area contributed by atoms with Crippen molar-refractivity contribution in [2.45, 2.75) is 32.4 Å². The highest BCUT2D eigenvalue weighted by atomic mass is 79.9. The fourth-order valence-corrected chi connectivity index (χ4v) is 3.29. The van der Waals surface area contributed by atoms with Crippen LogP contribution in [0.5, 0.6) is 0 Å². The molecular weight excluding hydrogens is 312 g/mol. The van der Waals surface area contributed by atoms with Crippen LogP contribution in [0.15, 0.2) is 22.7 Å². The average molecular weight is 332 g/mol. The quantitative estimate of drug-likeness (QED) is 0.916. The molecule has 0 saturated carbocycles. The number of hydrogen-bond donors (Lipinski definition) is 1. The molecule has 0 bridgehead atoms. The maximum Gasteiger partial charge on any atom is 0.0462 e. The molecule has 2 unspecified atom stereocenters. The van der Waals surface area contributed by atoms with Crippen LogP contribution in [0.3, 0.4) is 0 Å². The van der Waals surface area contributed by atoms with Crippen LogP contribution >= 0.6 is 27.5 Å². The number of piperidine rings is 1. The molecule has 0 spiro atoms. The first-order valence-electron chi connectivity index (χ1n) is 6.48. The maximum absolute atomic E-state index is 6.27. The van der Waals surface area contributed by atoms with Crippen molar-refractivity contribution in [3.05, 3.63) is 33.3 Å². The van der Waals surface area contributed by atoms with Gasteiger partial charge in [-0.3, -0.25) is 4.90 Å². The van der Waals surface area contributed by atoms with E-state index in [2.05, 4.69) is 33.8 Å². The Kier molecular flexibility index (Phi) is 5.07. The molecule has 0 aromatic heterocycles. The molecule has 1 aromatic carbocycles. The van der Waals surface area contributed by atoms with Gasteiger partial charge in [-0.15, -0.1) is 0 Å². The molecule has 0 aliphatic carbocycles. The Bertz CT molecular complexity index is 409. The third-order valence-electron chi connectivity index (χ3n) is 3.69. The topological polar surface area (TPSA) is 29.3 Å². The van der Waals surface area contributed by atoms with E-state index in [1.807, 2.05) is 12.1 Å². The van der Waals surface area contributed by atoms with Crippen molar-refractivity contribution < 1.29 is 0 Å². The summed E-state index contributed by atoms with van der Waals surface area (Å²) in [5, 5.41) is 0.840. The van der Waals surface area contributed by atoms with Gasteiger partial charge < -0.3 is 5.73 Å². The van der Waals surface area contributed by atoms with Gasteiger partial charge in [0.1, 0.15) is 0 Å². The van der Waals surface area contributed by atoms with Crippen molar-refractivity contribution in [3.63, 3.8) is 0 Å². The van der Waals surface area contributed by atoms with E-state index in [0.29, 0.717) is 5.92 Å². The number of hydrogen-bond acceptors (Lipinski definition) is 2. The Morgan fingerprint density at radius 2 is 2.33 bits per heavy atom. The zero-order valence-corrected chi connectivity index (χ0v) is 13.0. The van der Waals surface area contributed by atoms with E-state index in [9.17, 15) is 0 Å². The van der Waals surface area contributed by atoms with Gasteiger partial charge in [-0.2, -0.15) is 0 Å². The molecule has 100 valence electrons. The zero-order chi connectivity index (χ0) is 13.1. The fraction of sp³-hybridized carbons (Fsp3) is 0.571. The van der Waals surface area contributed by atoms with E-state index >= 15 is 0 Å². The lowest BCUT2D eigenvalue weighted by Gasteiger charge is -2.34. The monoisotopic (exact) mass is 330 g/mol. The van der Waals surface area contributed by atoms with Crippen molar-refractivity contribution in [3.8, 4) is 0 Å². The minimum atomic E-state index is 0.285. The summed E-state index contributed by atoms with van der Waals surface area (Å²) in [6, 6.07) is 6.40. The normalized spacial score (nSPS) is 23.0. The van der Waals surface area contributed by atoms with E-state index in [4.69, 9.17) is 17.3 Å². The molecule has 1 saturated heterocycles. The highest BCUT2D eigenvalue weighted by molar-refractivity contribution is 9.10. The molecule has 1 aliphatic heterocycles. The molecule has 2 N–H and O–H groups in total. The van der Waals surface area contributed by atoms with Gasteiger partial charge in [-0.1, -0.05) is 33.6 Å². The number of likely N-dealkylation sites (tertiary alicyclic amines) is 1. The zero-order valence-electron chi connectivity index (χ0n) is 10.7. The summed E-state index contributed by atoms with van der Waals surface area (Å²) < 4.78 is 1.03. The predicted octanol–water partition coefficient (Wildman–Crippen LogP) is 3.66. The van der Waals surface area contributed by atoms with E-state index in [-0.39, 0.29) is 6.04 Å². The van der Waals surface area contributed by atoms with Crippen molar-refractivity contribution in [1.82, 2.24) is 4.90 Å². The van der Waals surface area contributed by atoms with E-state index in [1.54, 1.807) is 0 Å². The van der Waals surface area contributed by atoms with Crippen molar-refractivity contribution in [2.24, 2.45) is 11.7 Å². The van der Waals surface area contributed by atoms with E-state index in [0.717, 1.165) is 29.1 Å². The van der Waals surface area contributed by atoms with Gasteiger partial charge in [0.25, 0.3) is 0 Å². The molecular formula is C14H20BrClN2. The SMILES string of the molecule is CC(N)C1CCCN(Cc2ccc(Br)cc2Cl)C1. The lowest BCUT2D eigenvalue weighted by molar-refractivity contribution is 0.154. The lowest BCUT2D eigenvalue weighted by atomic mass is 9.92. The first-order chi connectivity index (χ1) is 8.56. The molecule has 1 fully saturated rings. The summed E-state index contributed by atoms with van der Waals surface area (Å²) in [4.78, 5) is 2.46. The highest BCUT2D eigenvalue weighted by Crippen LogP contribution is 2.25. The van der Waals surface area contributed by atoms with Gasteiger partial charge in [-0.25, -0.2) is 0 Å². The number of nitrogens with two attached hydrogens (primary N) is 1. The highest BCUT2D eigenvalue weighted by Gasteiger charge is 2.22. The molecule has 1 aliphatic rings. The van der Waals surface area contributed by atoms with Crippen LogP contribution in [-0.4, -0.2) is 24.0 Å². The number of halogens is 2. The van der Waals surface area contributed by atoms with E-state index in [1.165, 1.54) is 18.4 Å². The summed E-state index contributed by atoms with van der Waals surface area (Å²) in [5.41, 5.74) is 7.21. The summed E-state index contributed by atoms with van der Waals surface area (Å²) >= 11 is 9.70. The minimum Gasteiger partial charge on any atom is -0.328 e. The number of nitrogens with zero attached hydrogens (tertiary/aromatic N) is 1. The largest absolute Gasteiger partial charge is 0.328 e.